The van der Waals surface area contributed by atoms with Gasteiger partial charge in [0.15, 0.2) is 11.5 Å². The second-order valence-corrected chi connectivity index (χ2v) is 6.97. The molecular weight excluding hydrogens is 338 g/mol. The van der Waals surface area contributed by atoms with E-state index in [-0.39, 0.29) is 6.04 Å². The van der Waals surface area contributed by atoms with Gasteiger partial charge in [-0.2, -0.15) is 0 Å². The Morgan fingerprint density at radius 2 is 2.00 bits per heavy atom. The standard InChI is InChI=1S/C22H31N3O2/c1-5-25(6-2)11-12-27-21-14-18-17(13-20(21)26-4)9-10-23-22(18)19-8-7-16(3)15-24-19/h7-8,13-15,22-23H,5-6,9-12H2,1-4H3. The lowest BCUT2D eigenvalue weighted by atomic mass is 9.91. The number of nitrogens with zero attached hydrogens (tertiary/aromatic N) is 2. The van der Waals surface area contributed by atoms with Crippen molar-refractivity contribution in [2.75, 3.05) is 39.9 Å². The fourth-order valence-electron chi connectivity index (χ4n) is 3.57. The molecular formula is C22H31N3O2. The van der Waals surface area contributed by atoms with Crippen LogP contribution in [0.4, 0.5) is 0 Å². The quantitative estimate of drug-likeness (QED) is 0.773. The second kappa shape index (κ2) is 9.20. The van der Waals surface area contributed by atoms with Crippen LogP contribution in [0.2, 0.25) is 0 Å². The van der Waals surface area contributed by atoms with Gasteiger partial charge in [0.05, 0.1) is 18.8 Å². The Kier molecular flexibility index (Phi) is 6.69. The van der Waals surface area contributed by atoms with Crippen molar-refractivity contribution < 1.29 is 9.47 Å². The molecule has 146 valence electrons. The first kappa shape index (κ1) is 19.6. The van der Waals surface area contributed by atoms with Crippen LogP contribution < -0.4 is 14.8 Å². The third-order valence-electron chi connectivity index (χ3n) is 5.27. The highest BCUT2D eigenvalue weighted by molar-refractivity contribution is 5.51. The van der Waals surface area contributed by atoms with E-state index in [0.29, 0.717) is 6.61 Å². The highest BCUT2D eigenvalue weighted by atomic mass is 16.5. The first-order valence-corrected chi connectivity index (χ1v) is 9.88. The normalized spacial score (nSPS) is 16.3. The van der Waals surface area contributed by atoms with Crippen LogP contribution >= 0.6 is 0 Å². The molecule has 2 aromatic rings. The molecule has 1 N–H and O–H groups in total. The fourth-order valence-corrected chi connectivity index (χ4v) is 3.57. The van der Waals surface area contributed by atoms with E-state index in [0.717, 1.165) is 49.8 Å². The fraction of sp³-hybridized carbons (Fsp3) is 0.500. The van der Waals surface area contributed by atoms with Gasteiger partial charge >= 0.3 is 0 Å². The highest BCUT2D eigenvalue weighted by Gasteiger charge is 2.25. The minimum Gasteiger partial charge on any atom is -0.493 e. The molecule has 2 heterocycles. The van der Waals surface area contributed by atoms with E-state index in [2.05, 4.69) is 60.2 Å². The summed E-state index contributed by atoms with van der Waals surface area (Å²) in [7, 11) is 1.71. The van der Waals surface area contributed by atoms with Crippen molar-refractivity contribution in [1.29, 1.82) is 0 Å². The zero-order valence-corrected chi connectivity index (χ0v) is 16.9. The Morgan fingerprint density at radius 1 is 1.19 bits per heavy atom. The summed E-state index contributed by atoms with van der Waals surface area (Å²) >= 11 is 0. The van der Waals surface area contributed by atoms with E-state index in [1.807, 2.05) is 6.20 Å². The van der Waals surface area contributed by atoms with Gasteiger partial charge < -0.3 is 19.7 Å². The van der Waals surface area contributed by atoms with Gasteiger partial charge in [-0.3, -0.25) is 4.98 Å². The Morgan fingerprint density at radius 3 is 2.67 bits per heavy atom. The summed E-state index contributed by atoms with van der Waals surface area (Å²) in [6.45, 7) is 11.0. The van der Waals surface area contributed by atoms with E-state index in [9.17, 15) is 0 Å². The van der Waals surface area contributed by atoms with E-state index < -0.39 is 0 Å². The predicted octanol–water partition coefficient (Wildman–Crippen LogP) is 3.35. The number of likely N-dealkylation sites (N-methyl/N-ethyl adjacent to an activating group) is 1. The first-order valence-electron chi connectivity index (χ1n) is 9.88. The molecule has 0 bridgehead atoms. The third kappa shape index (κ3) is 4.60. The number of nitrogens with one attached hydrogen (secondary N) is 1. The summed E-state index contributed by atoms with van der Waals surface area (Å²) in [4.78, 5) is 6.99. The first-order chi connectivity index (χ1) is 13.2. The maximum absolute atomic E-state index is 6.12. The van der Waals surface area contributed by atoms with Crippen LogP contribution in [-0.2, 0) is 6.42 Å². The molecule has 0 saturated carbocycles. The lowest BCUT2D eigenvalue weighted by molar-refractivity contribution is 0.217. The molecule has 27 heavy (non-hydrogen) atoms. The molecule has 1 aromatic heterocycles. The zero-order valence-electron chi connectivity index (χ0n) is 16.9. The Labute approximate surface area is 162 Å². The maximum atomic E-state index is 6.12. The summed E-state index contributed by atoms with van der Waals surface area (Å²) in [6, 6.07) is 8.57. The van der Waals surface area contributed by atoms with Crippen molar-refractivity contribution in [3.63, 3.8) is 0 Å². The molecule has 0 amide bonds. The molecule has 1 atom stereocenters. The topological polar surface area (TPSA) is 46.6 Å². The van der Waals surface area contributed by atoms with E-state index in [4.69, 9.17) is 9.47 Å². The number of hydrogen-bond donors (Lipinski definition) is 1. The number of ether oxygens (including phenoxy) is 2. The molecule has 5 nitrogen and oxygen atoms in total. The number of hydrogen-bond acceptors (Lipinski definition) is 5. The predicted molar refractivity (Wildman–Crippen MR) is 109 cm³/mol. The van der Waals surface area contributed by atoms with E-state index >= 15 is 0 Å². The van der Waals surface area contributed by atoms with E-state index in [1.165, 1.54) is 16.7 Å². The lowest BCUT2D eigenvalue weighted by Gasteiger charge is -2.28. The van der Waals surface area contributed by atoms with Crippen molar-refractivity contribution in [3.8, 4) is 11.5 Å². The van der Waals surface area contributed by atoms with Crippen molar-refractivity contribution in [3.05, 3.63) is 52.8 Å². The molecule has 5 heteroatoms. The van der Waals surface area contributed by atoms with Gasteiger partial charge in [-0.25, -0.2) is 0 Å². The maximum Gasteiger partial charge on any atom is 0.161 e. The third-order valence-corrected chi connectivity index (χ3v) is 5.27. The van der Waals surface area contributed by atoms with Gasteiger partial charge in [0.2, 0.25) is 0 Å². The lowest BCUT2D eigenvalue weighted by Crippen LogP contribution is -2.31. The van der Waals surface area contributed by atoms with Gasteiger partial charge in [-0.15, -0.1) is 0 Å². The highest BCUT2D eigenvalue weighted by Crippen LogP contribution is 2.37. The number of rotatable bonds is 8. The zero-order chi connectivity index (χ0) is 19.2. The molecule has 0 radical (unpaired) electrons. The summed E-state index contributed by atoms with van der Waals surface area (Å²) < 4.78 is 11.7. The Bertz CT molecular complexity index is 742. The van der Waals surface area contributed by atoms with Crippen LogP contribution in [0.1, 0.15) is 42.3 Å². The molecule has 1 aliphatic rings. The number of pyridine rings is 1. The number of aromatic nitrogens is 1. The minimum absolute atomic E-state index is 0.0883. The second-order valence-electron chi connectivity index (χ2n) is 6.97. The van der Waals surface area contributed by atoms with Gasteiger partial charge in [0.25, 0.3) is 0 Å². The Hall–Kier alpha value is -2.11. The summed E-state index contributed by atoms with van der Waals surface area (Å²) in [5, 5.41) is 3.60. The number of methoxy groups -OCH3 is 1. The summed E-state index contributed by atoms with van der Waals surface area (Å²) in [5.41, 5.74) is 4.75. The van der Waals surface area contributed by atoms with Gasteiger partial charge in [-0.05, 0) is 61.3 Å². The van der Waals surface area contributed by atoms with Crippen molar-refractivity contribution in [1.82, 2.24) is 15.2 Å². The summed E-state index contributed by atoms with van der Waals surface area (Å²) in [5.74, 6) is 1.62. The largest absolute Gasteiger partial charge is 0.493 e. The molecule has 1 aliphatic heterocycles. The molecule has 0 aliphatic carbocycles. The Balaban J connectivity index is 1.85. The molecule has 3 rings (SSSR count). The molecule has 0 saturated heterocycles. The van der Waals surface area contributed by atoms with Crippen LogP contribution in [0.25, 0.3) is 0 Å². The molecule has 1 aromatic carbocycles. The van der Waals surface area contributed by atoms with Crippen LogP contribution in [-0.4, -0.2) is 49.8 Å². The van der Waals surface area contributed by atoms with Crippen LogP contribution in [0, 0.1) is 6.92 Å². The van der Waals surface area contributed by atoms with Crippen LogP contribution in [0.15, 0.2) is 30.5 Å². The SMILES string of the molecule is CCN(CC)CCOc1cc2c(cc1OC)CCNC2c1ccc(C)cn1. The minimum atomic E-state index is 0.0883. The number of benzene rings is 1. The number of aryl methyl sites for hydroxylation is 1. The van der Waals surface area contributed by atoms with Crippen molar-refractivity contribution in [2.45, 2.75) is 33.2 Å². The average Bonchev–Trinajstić information content (AvgIpc) is 2.71. The van der Waals surface area contributed by atoms with Crippen molar-refractivity contribution in [2.24, 2.45) is 0 Å². The average molecular weight is 370 g/mol. The molecule has 0 fully saturated rings. The molecule has 1 unspecified atom stereocenters. The van der Waals surface area contributed by atoms with Gasteiger partial charge in [0.1, 0.15) is 6.61 Å². The van der Waals surface area contributed by atoms with Crippen LogP contribution in [0.5, 0.6) is 11.5 Å². The van der Waals surface area contributed by atoms with Gasteiger partial charge in [0, 0.05) is 19.3 Å². The van der Waals surface area contributed by atoms with Crippen molar-refractivity contribution >= 4 is 0 Å². The smallest absolute Gasteiger partial charge is 0.161 e. The van der Waals surface area contributed by atoms with Crippen LogP contribution in [0.3, 0.4) is 0 Å². The monoisotopic (exact) mass is 369 g/mol. The number of fused-ring (bicyclic) bond motifs is 1. The van der Waals surface area contributed by atoms with E-state index in [1.54, 1.807) is 7.11 Å². The molecule has 0 spiro atoms. The summed E-state index contributed by atoms with van der Waals surface area (Å²) in [6.07, 6.45) is 2.91. The van der Waals surface area contributed by atoms with Gasteiger partial charge in [-0.1, -0.05) is 19.9 Å².